The van der Waals surface area contributed by atoms with E-state index in [0.29, 0.717) is 18.6 Å². The van der Waals surface area contributed by atoms with Crippen molar-refractivity contribution in [2.24, 2.45) is 0 Å². The molecular weight excluding hydrogens is 322 g/mol. The molecule has 6 nitrogen and oxygen atoms in total. The number of hydrogen-bond acceptors (Lipinski definition) is 5. The monoisotopic (exact) mass is 355 g/mol. The van der Waals surface area contributed by atoms with E-state index in [1.807, 2.05) is 41.5 Å². The first-order valence-corrected chi connectivity index (χ1v) is 8.35. The average Bonchev–Trinajstić information content (AvgIpc) is 2.42. The largest absolute Gasteiger partial charge is 0.491 e. The lowest BCUT2D eigenvalue weighted by Crippen LogP contribution is -2.43. The number of amides is 1. The molecule has 25 heavy (non-hydrogen) atoms. The number of nitrogens with zero attached hydrogens (tertiary/aromatic N) is 1. The van der Waals surface area contributed by atoms with Gasteiger partial charge in [-0.05, 0) is 54.4 Å². The average molecular weight is 355 g/mol. The van der Waals surface area contributed by atoms with Crippen molar-refractivity contribution in [3.63, 3.8) is 0 Å². The third-order valence-corrected chi connectivity index (χ3v) is 3.02. The van der Waals surface area contributed by atoms with Crippen LogP contribution in [0.1, 0.15) is 54.4 Å². The first-order chi connectivity index (χ1) is 11.3. The van der Waals surface area contributed by atoms with E-state index >= 15 is 0 Å². The first-order valence-electron chi connectivity index (χ1n) is 8.35. The molecule has 0 bridgehead atoms. The fraction of sp³-hybridized carbons (Fsp3) is 0.684. The van der Waals surface area contributed by atoms with Crippen LogP contribution in [0.5, 0.6) is 0 Å². The van der Waals surface area contributed by atoms with Crippen molar-refractivity contribution in [2.45, 2.75) is 71.6 Å². The van der Waals surface area contributed by atoms with Gasteiger partial charge >= 0.3 is 12.1 Å². The quantitative estimate of drug-likeness (QED) is 0.391. The van der Waals surface area contributed by atoms with E-state index in [2.05, 4.69) is 11.3 Å². The van der Waals surface area contributed by atoms with Gasteiger partial charge in [-0.3, -0.25) is 0 Å². The van der Waals surface area contributed by atoms with Crippen LogP contribution in [0.25, 0.3) is 0 Å². The molecule has 0 saturated carbocycles. The Bertz CT molecular complexity index is 497. The van der Waals surface area contributed by atoms with Crippen molar-refractivity contribution >= 4 is 12.1 Å². The Morgan fingerprint density at radius 3 is 2.04 bits per heavy atom. The molecule has 0 aliphatic carbocycles. The molecule has 0 radical (unpaired) electrons. The van der Waals surface area contributed by atoms with Crippen LogP contribution in [-0.2, 0) is 19.0 Å². The topological polar surface area (TPSA) is 65.1 Å². The number of allylic oxidation sites excluding steroid dienone is 1. The maximum Gasteiger partial charge on any atom is 0.410 e. The Hall–Kier alpha value is -1.98. The highest BCUT2D eigenvalue weighted by atomic mass is 16.6. The number of ether oxygens (including phenoxy) is 3. The molecule has 0 aromatic carbocycles. The molecular formula is C19H33NO5. The molecule has 0 aromatic heterocycles. The van der Waals surface area contributed by atoms with Crippen molar-refractivity contribution < 1.29 is 23.8 Å². The highest BCUT2D eigenvalue weighted by Crippen LogP contribution is 2.23. The summed E-state index contributed by atoms with van der Waals surface area (Å²) in [6, 6.07) is -0.378. The molecule has 0 rings (SSSR count). The third-order valence-electron chi connectivity index (χ3n) is 3.02. The Balaban J connectivity index is 5.11. The Labute approximate surface area is 151 Å². The van der Waals surface area contributed by atoms with E-state index in [9.17, 15) is 9.59 Å². The van der Waals surface area contributed by atoms with Gasteiger partial charge in [0.1, 0.15) is 17.0 Å². The fourth-order valence-electron chi connectivity index (χ4n) is 1.99. The number of hydrogen-bond donors (Lipinski definition) is 0. The molecule has 1 amide bonds. The molecule has 0 spiro atoms. The van der Waals surface area contributed by atoms with Crippen molar-refractivity contribution in [3.8, 4) is 0 Å². The summed E-state index contributed by atoms with van der Waals surface area (Å²) >= 11 is 0. The number of esters is 1. The van der Waals surface area contributed by atoms with E-state index < -0.39 is 23.3 Å². The maximum atomic E-state index is 12.4. The van der Waals surface area contributed by atoms with Gasteiger partial charge in [-0.1, -0.05) is 12.7 Å². The van der Waals surface area contributed by atoms with E-state index in [0.717, 1.165) is 0 Å². The standard InChI is InChI=1S/C19H33NO5/c1-14(24-18(2,3)4)15(12-10-11-13-16(21)23-9)20(8)17(22)25-19(5,6)7/h11,13,15H,1,10,12H2,2-9H3/b13-11+/t15-/m0/s1. The van der Waals surface area contributed by atoms with E-state index in [4.69, 9.17) is 9.47 Å². The molecule has 0 N–H and O–H groups in total. The summed E-state index contributed by atoms with van der Waals surface area (Å²) in [4.78, 5) is 25.0. The van der Waals surface area contributed by atoms with Gasteiger partial charge < -0.3 is 19.1 Å². The lowest BCUT2D eigenvalue weighted by Gasteiger charge is -2.34. The smallest absolute Gasteiger partial charge is 0.410 e. The fourth-order valence-corrected chi connectivity index (χ4v) is 1.99. The summed E-state index contributed by atoms with van der Waals surface area (Å²) in [5.74, 6) is 0.0640. The first kappa shape index (κ1) is 23.0. The van der Waals surface area contributed by atoms with Crippen LogP contribution < -0.4 is 0 Å². The number of carbonyl (C=O) groups excluding carboxylic acids is 2. The molecule has 0 aromatic rings. The van der Waals surface area contributed by atoms with Gasteiger partial charge in [-0.2, -0.15) is 0 Å². The number of methoxy groups -OCH3 is 1. The van der Waals surface area contributed by atoms with Crippen LogP contribution >= 0.6 is 0 Å². The van der Waals surface area contributed by atoms with Crippen molar-refractivity contribution in [2.75, 3.05) is 14.2 Å². The van der Waals surface area contributed by atoms with Crippen LogP contribution in [0, 0.1) is 0 Å². The molecule has 0 fully saturated rings. The molecule has 0 heterocycles. The van der Waals surface area contributed by atoms with Crippen LogP contribution in [-0.4, -0.2) is 48.4 Å². The van der Waals surface area contributed by atoms with Gasteiger partial charge in [0.25, 0.3) is 0 Å². The summed E-state index contributed by atoms with van der Waals surface area (Å²) in [5.41, 5.74) is -1.02. The molecule has 0 saturated heterocycles. The van der Waals surface area contributed by atoms with Crippen molar-refractivity contribution in [1.29, 1.82) is 0 Å². The van der Waals surface area contributed by atoms with Crippen LogP contribution in [0.4, 0.5) is 4.79 Å². The van der Waals surface area contributed by atoms with Crippen LogP contribution in [0.15, 0.2) is 24.5 Å². The van der Waals surface area contributed by atoms with Gasteiger partial charge in [0.05, 0.1) is 13.2 Å². The van der Waals surface area contributed by atoms with E-state index in [1.165, 1.54) is 18.1 Å². The molecule has 1 atom stereocenters. The highest BCUT2D eigenvalue weighted by Gasteiger charge is 2.29. The van der Waals surface area contributed by atoms with Crippen molar-refractivity contribution in [1.82, 2.24) is 4.90 Å². The second kappa shape index (κ2) is 9.49. The normalized spacial score (nSPS) is 13.3. The summed E-state index contributed by atoms with van der Waals surface area (Å²) < 4.78 is 15.8. The zero-order valence-corrected chi connectivity index (χ0v) is 16.8. The molecule has 144 valence electrons. The van der Waals surface area contributed by atoms with E-state index in [1.54, 1.807) is 13.1 Å². The maximum absolute atomic E-state index is 12.4. The summed E-state index contributed by atoms with van der Waals surface area (Å²) in [7, 11) is 2.98. The zero-order chi connectivity index (χ0) is 19.8. The van der Waals surface area contributed by atoms with Gasteiger partial charge in [0.15, 0.2) is 0 Å². The van der Waals surface area contributed by atoms with E-state index in [-0.39, 0.29) is 6.04 Å². The Kier molecular flexibility index (Phi) is 8.74. The van der Waals surface area contributed by atoms with Gasteiger partial charge in [0.2, 0.25) is 0 Å². The number of likely N-dealkylation sites (N-methyl/N-ethyl adjacent to an activating group) is 1. The predicted molar refractivity (Wildman–Crippen MR) is 98.2 cm³/mol. The summed E-state index contributed by atoms with van der Waals surface area (Å²) in [5, 5.41) is 0. The highest BCUT2D eigenvalue weighted by molar-refractivity contribution is 5.81. The predicted octanol–water partition coefficient (Wildman–Crippen LogP) is 4.06. The summed E-state index contributed by atoms with van der Waals surface area (Å²) in [6.07, 6.45) is 3.70. The van der Waals surface area contributed by atoms with Crippen molar-refractivity contribution in [3.05, 3.63) is 24.5 Å². The van der Waals surface area contributed by atoms with Crippen LogP contribution in [0.3, 0.4) is 0 Å². The number of carbonyl (C=O) groups is 2. The van der Waals surface area contributed by atoms with Gasteiger partial charge in [-0.25, -0.2) is 9.59 Å². The molecule has 6 heteroatoms. The second-order valence-corrected chi connectivity index (χ2v) is 7.79. The third kappa shape index (κ3) is 10.5. The molecule has 0 aliphatic heterocycles. The SMILES string of the molecule is C=C(OC(C)(C)C)[C@H](CC/C=C/C(=O)OC)N(C)C(=O)OC(C)(C)C. The molecule has 0 aliphatic rings. The Morgan fingerprint density at radius 2 is 1.60 bits per heavy atom. The summed E-state index contributed by atoms with van der Waals surface area (Å²) in [6.45, 7) is 15.2. The minimum atomic E-state index is -0.590. The second-order valence-electron chi connectivity index (χ2n) is 7.79. The minimum Gasteiger partial charge on any atom is -0.491 e. The molecule has 0 unspecified atom stereocenters. The minimum absolute atomic E-state index is 0.378. The van der Waals surface area contributed by atoms with Gasteiger partial charge in [0, 0.05) is 13.1 Å². The van der Waals surface area contributed by atoms with Crippen LogP contribution in [0.2, 0.25) is 0 Å². The van der Waals surface area contributed by atoms with Gasteiger partial charge in [-0.15, -0.1) is 0 Å². The number of rotatable bonds is 7. The zero-order valence-electron chi connectivity index (χ0n) is 16.8. The lowest BCUT2D eigenvalue weighted by atomic mass is 10.1. The lowest BCUT2D eigenvalue weighted by molar-refractivity contribution is -0.134. The Morgan fingerprint density at radius 1 is 1.08 bits per heavy atom.